The van der Waals surface area contributed by atoms with E-state index in [0.29, 0.717) is 5.69 Å². The Morgan fingerprint density at radius 3 is 2.32 bits per heavy atom. The molecular formula is C11H13BrN4O2S. The van der Waals surface area contributed by atoms with Crippen molar-refractivity contribution in [1.82, 2.24) is 9.78 Å². The van der Waals surface area contributed by atoms with Crippen LogP contribution in [0.25, 0.3) is 5.69 Å². The van der Waals surface area contributed by atoms with Crippen LogP contribution in [0, 0.1) is 0 Å². The first-order chi connectivity index (χ1) is 8.84. The van der Waals surface area contributed by atoms with Gasteiger partial charge in [-0.3, -0.25) is 0 Å². The van der Waals surface area contributed by atoms with E-state index in [2.05, 4.69) is 26.3 Å². The lowest BCUT2D eigenvalue weighted by Gasteiger charge is -2.04. The van der Waals surface area contributed by atoms with Crippen LogP contribution in [-0.2, 0) is 9.84 Å². The average molecular weight is 345 g/mol. The number of nitrogens with one attached hydrogen (secondary N) is 1. The molecule has 0 saturated heterocycles. The lowest BCUT2D eigenvalue weighted by atomic mass is 10.3. The Bertz CT molecular complexity index is 707. The Morgan fingerprint density at radius 2 is 1.89 bits per heavy atom. The van der Waals surface area contributed by atoms with Gasteiger partial charge in [-0.05, 0) is 24.3 Å². The quantitative estimate of drug-likeness (QED) is 0.883. The Kier molecular flexibility index (Phi) is 3.55. The SMILES string of the molecule is CNc1nn(-c2ccc(Br)cc2)c(N)c1S(C)(=O)=O. The molecule has 1 heterocycles. The fraction of sp³-hybridized carbons (Fsp3) is 0.182. The van der Waals surface area contributed by atoms with E-state index in [-0.39, 0.29) is 16.5 Å². The predicted octanol–water partition coefficient (Wildman–Crippen LogP) is 1.66. The molecule has 0 fully saturated rings. The number of nitrogen functional groups attached to an aromatic ring is 1. The molecule has 0 radical (unpaired) electrons. The van der Waals surface area contributed by atoms with E-state index in [0.717, 1.165) is 10.7 Å². The second-order valence-electron chi connectivity index (χ2n) is 3.97. The van der Waals surface area contributed by atoms with E-state index in [1.54, 1.807) is 19.2 Å². The Labute approximate surface area is 119 Å². The fourth-order valence-corrected chi connectivity index (χ4v) is 2.95. The van der Waals surface area contributed by atoms with Crippen molar-refractivity contribution in [2.75, 3.05) is 24.4 Å². The molecule has 1 aromatic carbocycles. The van der Waals surface area contributed by atoms with E-state index in [1.165, 1.54) is 4.68 Å². The van der Waals surface area contributed by atoms with Crippen molar-refractivity contribution in [3.05, 3.63) is 28.7 Å². The lowest BCUT2D eigenvalue weighted by Crippen LogP contribution is -2.05. The van der Waals surface area contributed by atoms with Crippen LogP contribution < -0.4 is 11.1 Å². The van der Waals surface area contributed by atoms with Gasteiger partial charge in [-0.1, -0.05) is 15.9 Å². The Hall–Kier alpha value is -1.54. The third-order valence-corrected chi connectivity index (χ3v) is 4.23. The molecule has 3 N–H and O–H groups in total. The minimum atomic E-state index is -3.45. The highest BCUT2D eigenvalue weighted by Gasteiger charge is 2.23. The van der Waals surface area contributed by atoms with Gasteiger partial charge in [0, 0.05) is 17.8 Å². The number of benzene rings is 1. The highest BCUT2D eigenvalue weighted by atomic mass is 79.9. The van der Waals surface area contributed by atoms with Crippen LogP contribution in [0.4, 0.5) is 11.6 Å². The summed E-state index contributed by atoms with van der Waals surface area (Å²) in [4.78, 5) is 0.0120. The van der Waals surface area contributed by atoms with Crippen LogP contribution in [0.1, 0.15) is 0 Å². The largest absolute Gasteiger partial charge is 0.382 e. The molecule has 0 aliphatic carbocycles. The van der Waals surface area contributed by atoms with E-state index in [4.69, 9.17) is 5.73 Å². The summed E-state index contributed by atoms with van der Waals surface area (Å²) in [6.45, 7) is 0. The minimum absolute atomic E-state index is 0.0120. The molecule has 0 atom stereocenters. The van der Waals surface area contributed by atoms with Crippen LogP contribution in [0.15, 0.2) is 33.6 Å². The molecule has 0 saturated carbocycles. The summed E-state index contributed by atoms with van der Waals surface area (Å²) >= 11 is 3.33. The molecule has 6 nitrogen and oxygen atoms in total. The molecule has 2 aromatic rings. The zero-order valence-corrected chi connectivity index (χ0v) is 12.8. The molecule has 0 aliphatic rings. The normalized spacial score (nSPS) is 11.5. The number of halogens is 1. The second-order valence-corrected chi connectivity index (χ2v) is 6.84. The highest BCUT2D eigenvalue weighted by Crippen LogP contribution is 2.29. The van der Waals surface area contributed by atoms with Crippen molar-refractivity contribution in [1.29, 1.82) is 0 Å². The minimum Gasteiger partial charge on any atom is -0.382 e. The van der Waals surface area contributed by atoms with E-state index < -0.39 is 9.84 Å². The summed E-state index contributed by atoms with van der Waals surface area (Å²) in [6, 6.07) is 7.24. The van der Waals surface area contributed by atoms with Crippen molar-refractivity contribution in [2.45, 2.75) is 4.90 Å². The monoisotopic (exact) mass is 344 g/mol. The molecule has 8 heteroatoms. The fourth-order valence-electron chi connectivity index (χ4n) is 1.72. The molecule has 0 unspecified atom stereocenters. The van der Waals surface area contributed by atoms with Gasteiger partial charge >= 0.3 is 0 Å². The standard InChI is InChI=1S/C11H13BrN4O2S/c1-14-11-9(19(2,17)18)10(13)16(15-11)8-5-3-7(12)4-6-8/h3-6H,13H2,1-2H3,(H,14,15). The number of nitrogens with zero attached hydrogens (tertiary/aromatic N) is 2. The number of hydrogen-bond acceptors (Lipinski definition) is 5. The van der Waals surface area contributed by atoms with Crippen molar-refractivity contribution < 1.29 is 8.42 Å². The van der Waals surface area contributed by atoms with E-state index in [1.807, 2.05) is 12.1 Å². The van der Waals surface area contributed by atoms with Gasteiger partial charge in [0.2, 0.25) is 0 Å². The van der Waals surface area contributed by atoms with Crippen LogP contribution >= 0.6 is 15.9 Å². The molecule has 2 rings (SSSR count). The summed E-state index contributed by atoms with van der Waals surface area (Å²) in [5.41, 5.74) is 6.59. The van der Waals surface area contributed by atoms with E-state index in [9.17, 15) is 8.42 Å². The maximum absolute atomic E-state index is 11.8. The number of rotatable bonds is 3. The van der Waals surface area contributed by atoms with Crippen molar-refractivity contribution >= 4 is 37.4 Å². The number of sulfone groups is 1. The first kappa shape index (κ1) is 13.9. The lowest BCUT2D eigenvalue weighted by molar-refractivity contribution is 0.602. The first-order valence-corrected chi connectivity index (χ1v) is 8.05. The first-order valence-electron chi connectivity index (χ1n) is 5.37. The van der Waals surface area contributed by atoms with Gasteiger partial charge in [-0.15, -0.1) is 5.10 Å². The zero-order chi connectivity index (χ0) is 14.2. The summed E-state index contributed by atoms with van der Waals surface area (Å²) in [5.74, 6) is 0.331. The average Bonchev–Trinajstić information content (AvgIpc) is 2.67. The van der Waals surface area contributed by atoms with Gasteiger partial charge in [-0.25, -0.2) is 13.1 Å². The molecule has 0 spiro atoms. The van der Waals surface area contributed by atoms with Crippen molar-refractivity contribution in [2.24, 2.45) is 0 Å². The third kappa shape index (κ3) is 2.59. The Balaban J connectivity index is 2.67. The van der Waals surface area contributed by atoms with Crippen LogP contribution in [0.3, 0.4) is 0 Å². The van der Waals surface area contributed by atoms with Gasteiger partial charge in [0.25, 0.3) is 0 Å². The van der Waals surface area contributed by atoms with Gasteiger partial charge in [0.05, 0.1) is 5.69 Å². The molecule has 0 bridgehead atoms. The van der Waals surface area contributed by atoms with Crippen LogP contribution in [-0.4, -0.2) is 31.5 Å². The van der Waals surface area contributed by atoms with Crippen LogP contribution in [0.2, 0.25) is 0 Å². The van der Waals surface area contributed by atoms with Crippen molar-refractivity contribution in [3.8, 4) is 5.69 Å². The predicted molar refractivity (Wildman–Crippen MR) is 78.3 cm³/mol. The maximum Gasteiger partial charge on any atom is 0.182 e. The number of aromatic nitrogens is 2. The smallest absolute Gasteiger partial charge is 0.182 e. The number of anilines is 2. The number of hydrogen-bond donors (Lipinski definition) is 2. The van der Waals surface area contributed by atoms with Gasteiger partial charge in [0.15, 0.2) is 20.6 Å². The number of nitrogens with two attached hydrogens (primary N) is 1. The van der Waals surface area contributed by atoms with Gasteiger partial charge < -0.3 is 11.1 Å². The third-order valence-electron chi connectivity index (χ3n) is 2.55. The van der Waals surface area contributed by atoms with Crippen LogP contribution in [0.5, 0.6) is 0 Å². The summed E-state index contributed by atoms with van der Waals surface area (Å²) < 4.78 is 25.8. The second kappa shape index (κ2) is 4.86. The molecule has 0 amide bonds. The molecule has 19 heavy (non-hydrogen) atoms. The maximum atomic E-state index is 11.8. The molecule has 102 valence electrons. The summed E-state index contributed by atoms with van der Waals surface area (Å²) in [5, 5.41) is 6.92. The van der Waals surface area contributed by atoms with Gasteiger partial charge in [-0.2, -0.15) is 0 Å². The van der Waals surface area contributed by atoms with Gasteiger partial charge in [0.1, 0.15) is 5.82 Å². The molecule has 1 aromatic heterocycles. The highest BCUT2D eigenvalue weighted by molar-refractivity contribution is 9.10. The zero-order valence-electron chi connectivity index (χ0n) is 10.4. The molecular weight excluding hydrogens is 332 g/mol. The van der Waals surface area contributed by atoms with Crippen molar-refractivity contribution in [3.63, 3.8) is 0 Å². The Morgan fingerprint density at radius 1 is 1.32 bits per heavy atom. The topological polar surface area (TPSA) is 90.0 Å². The summed E-state index contributed by atoms with van der Waals surface area (Å²) in [7, 11) is -1.85. The van der Waals surface area contributed by atoms with E-state index >= 15 is 0 Å². The summed E-state index contributed by atoms with van der Waals surface area (Å²) in [6.07, 6.45) is 1.10. The molecule has 0 aliphatic heterocycles.